The molecule has 0 saturated carbocycles. The number of rotatable bonds is 6. The third-order valence-corrected chi connectivity index (χ3v) is 5.08. The van der Waals surface area contributed by atoms with E-state index in [0.717, 1.165) is 12.1 Å². The van der Waals surface area contributed by atoms with Crippen molar-refractivity contribution < 1.29 is 17.2 Å². The number of sulfonamides is 1. The van der Waals surface area contributed by atoms with E-state index in [2.05, 4.69) is 20.0 Å². The molecule has 9 heteroatoms. The number of hydrogen-bond donors (Lipinski definition) is 2. The molecule has 0 atom stereocenters. The summed E-state index contributed by atoms with van der Waals surface area (Å²) >= 11 is 0. The molecular weight excluding hydrogens is 362 g/mol. The van der Waals surface area contributed by atoms with Crippen molar-refractivity contribution in [2.75, 3.05) is 15.8 Å². The van der Waals surface area contributed by atoms with Gasteiger partial charge in [0.2, 0.25) is 10.0 Å². The summed E-state index contributed by atoms with van der Waals surface area (Å²) in [6, 6.07) is 6.99. The van der Waals surface area contributed by atoms with Gasteiger partial charge in [-0.2, -0.15) is 0 Å². The highest BCUT2D eigenvalue weighted by Gasteiger charge is 2.18. The fourth-order valence-corrected chi connectivity index (χ4v) is 3.57. The third-order valence-electron chi connectivity index (χ3n) is 3.60. The first-order valence-corrected chi connectivity index (χ1v) is 9.50. The average Bonchev–Trinajstić information content (AvgIpc) is 2.61. The van der Waals surface area contributed by atoms with Gasteiger partial charge >= 0.3 is 0 Å². The summed E-state index contributed by atoms with van der Waals surface area (Å²) in [6.45, 7) is 1.69. The molecule has 2 N–H and O–H groups in total. The Morgan fingerprint density at radius 1 is 1.15 bits per heavy atom. The Balaban J connectivity index is 1.95. The largest absolute Gasteiger partial charge is 0.351 e. The summed E-state index contributed by atoms with van der Waals surface area (Å²) < 4.78 is 54.6. The minimum Gasteiger partial charge on any atom is -0.351 e. The Hall–Kier alpha value is -2.81. The van der Waals surface area contributed by atoms with Crippen molar-refractivity contribution in [3.63, 3.8) is 0 Å². The number of anilines is 3. The Morgan fingerprint density at radius 3 is 2.73 bits per heavy atom. The molecule has 0 saturated heterocycles. The van der Waals surface area contributed by atoms with Crippen LogP contribution in [0.3, 0.4) is 0 Å². The van der Waals surface area contributed by atoms with Crippen molar-refractivity contribution in [3.8, 4) is 0 Å². The molecule has 6 nitrogen and oxygen atoms in total. The van der Waals surface area contributed by atoms with Gasteiger partial charge in [-0.15, -0.1) is 0 Å². The van der Waals surface area contributed by atoms with Crippen LogP contribution >= 0.6 is 0 Å². The van der Waals surface area contributed by atoms with Gasteiger partial charge in [0.15, 0.2) is 5.82 Å². The predicted molar refractivity (Wildman–Crippen MR) is 96.9 cm³/mol. The maximum absolute atomic E-state index is 14.6. The zero-order chi connectivity index (χ0) is 18.7. The summed E-state index contributed by atoms with van der Waals surface area (Å²) in [7, 11) is -3.70. The standard InChI is InChI=1S/C17H16F2N4O2S/c1-2-7-26(24,25)23-15-6-4-13(18)17(16(15)19)22-12-3-5-14-11(8-12)9-20-10-21-14/h3-6,8-10,22-23H,2,7H2,1H3. The van der Waals surface area contributed by atoms with Gasteiger partial charge in [0.05, 0.1) is 17.0 Å². The first-order valence-electron chi connectivity index (χ1n) is 7.85. The highest BCUT2D eigenvalue weighted by Crippen LogP contribution is 2.30. The van der Waals surface area contributed by atoms with Crippen molar-refractivity contribution in [1.82, 2.24) is 9.97 Å². The van der Waals surface area contributed by atoms with Gasteiger partial charge in [0.1, 0.15) is 17.8 Å². The number of fused-ring (bicyclic) bond motifs is 1. The molecule has 0 aliphatic rings. The van der Waals surface area contributed by atoms with E-state index in [0.29, 0.717) is 23.0 Å². The zero-order valence-corrected chi connectivity index (χ0v) is 14.6. The molecule has 0 amide bonds. The topological polar surface area (TPSA) is 84.0 Å². The van der Waals surface area contributed by atoms with E-state index in [1.807, 2.05) is 0 Å². The van der Waals surface area contributed by atoms with Crippen LogP contribution in [0.5, 0.6) is 0 Å². The smallest absolute Gasteiger partial charge is 0.232 e. The van der Waals surface area contributed by atoms with Crippen molar-refractivity contribution in [3.05, 3.63) is 54.5 Å². The monoisotopic (exact) mass is 378 g/mol. The Kier molecular flexibility index (Phi) is 4.99. The van der Waals surface area contributed by atoms with E-state index in [1.54, 1.807) is 31.3 Å². The van der Waals surface area contributed by atoms with Crippen LogP contribution in [0.25, 0.3) is 10.9 Å². The quantitative estimate of drug-likeness (QED) is 0.682. The zero-order valence-electron chi connectivity index (χ0n) is 13.8. The molecule has 0 unspecified atom stereocenters. The van der Waals surface area contributed by atoms with E-state index in [9.17, 15) is 17.2 Å². The van der Waals surface area contributed by atoms with Crippen molar-refractivity contribution in [2.24, 2.45) is 0 Å². The number of benzene rings is 2. The summed E-state index contributed by atoms with van der Waals surface area (Å²) in [4.78, 5) is 7.98. The van der Waals surface area contributed by atoms with Gasteiger partial charge in [0.25, 0.3) is 0 Å². The van der Waals surface area contributed by atoms with E-state index >= 15 is 0 Å². The lowest BCUT2D eigenvalue weighted by molar-refractivity contribution is 0.588. The van der Waals surface area contributed by atoms with Gasteiger partial charge < -0.3 is 5.32 Å². The number of nitrogens with one attached hydrogen (secondary N) is 2. The molecule has 26 heavy (non-hydrogen) atoms. The molecule has 136 valence electrons. The lowest BCUT2D eigenvalue weighted by Gasteiger charge is -2.14. The second-order valence-electron chi connectivity index (χ2n) is 5.63. The molecule has 3 aromatic rings. The van der Waals surface area contributed by atoms with Gasteiger partial charge in [-0.25, -0.2) is 27.2 Å². The van der Waals surface area contributed by atoms with Crippen LogP contribution in [0, 0.1) is 11.6 Å². The minimum absolute atomic E-state index is 0.156. The highest BCUT2D eigenvalue weighted by molar-refractivity contribution is 7.92. The number of nitrogens with zero attached hydrogens (tertiary/aromatic N) is 2. The molecule has 2 aromatic carbocycles. The number of aromatic nitrogens is 2. The third kappa shape index (κ3) is 3.88. The summed E-state index contributed by atoms with van der Waals surface area (Å²) in [6.07, 6.45) is 3.36. The first-order chi connectivity index (χ1) is 12.4. The van der Waals surface area contributed by atoms with Gasteiger partial charge in [-0.3, -0.25) is 4.72 Å². The van der Waals surface area contributed by atoms with Crippen molar-refractivity contribution >= 4 is 38.0 Å². The fraction of sp³-hybridized carbons (Fsp3) is 0.176. The molecule has 0 spiro atoms. The van der Waals surface area contributed by atoms with Crippen LogP contribution in [0.4, 0.5) is 25.8 Å². The van der Waals surface area contributed by atoms with Gasteiger partial charge in [-0.1, -0.05) is 6.92 Å². The number of hydrogen-bond acceptors (Lipinski definition) is 5. The molecule has 1 aromatic heterocycles. The van der Waals surface area contributed by atoms with Crippen LogP contribution in [-0.4, -0.2) is 24.1 Å². The predicted octanol–water partition coefficient (Wildman–Crippen LogP) is 3.80. The molecule has 0 bridgehead atoms. The van der Waals surface area contributed by atoms with Gasteiger partial charge in [0, 0.05) is 17.3 Å². The van der Waals surface area contributed by atoms with Crippen LogP contribution in [-0.2, 0) is 10.0 Å². The van der Waals surface area contributed by atoms with Crippen LogP contribution < -0.4 is 10.0 Å². The second-order valence-corrected chi connectivity index (χ2v) is 7.47. The Labute approximate surface area is 149 Å². The molecule has 3 rings (SSSR count). The lowest BCUT2D eigenvalue weighted by atomic mass is 10.2. The van der Waals surface area contributed by atoms with Crippen molar-refractivity contribution in [1.29, 1.82) is 0 Å². The molecule has 0 fully saturated rings. The highest BCUT2D eigenvalue weighted by atomic mass is 32.2. The molecule has 0 radical (unpaired) electrons. The normalized spacial score (nSPS) is 11.5. The molecule has 0 aliphatic carbocycles. The molecule has 1 heterocycles. The van der Waals surface area contributed by atoms with Crippen LogP contribution in [0.15, 0.2) is 42.9 Å². The molecular formula is C17H16F2N4O2S. The van der Waals surface area contributed by atoms with Crippen LogP contribution in [0.2, 0.25) is 0 Å². The maximum atomic E-state index is 14.6. The number of halogens is 2. The second kappa shape index (κ2) is 7.20. The Morgan fingerprint density at radius 2 is 1.96 bits per heavy atom. The fourth-order valence-electron chi connectivity index (χ4n) is 2.44. The Bertz CT molecular complexity index is 1060. The van der Waals surface area contributed by atoms with E-state index in [-0.39, 0.29) is 11.4 Å². The van der Waals surface area contributed by atoms with E-state index < -0.39 is 27.3 Å². The SMILES string of the molecule is CCCS(=O)(=O)Nc1ccc(F)c(Nc2ccc3ncncc3c2)c1F. The first kappa shape index (κ1) is 18.0. The maximum Gasteiger partial charge on any atom is 0.232 e. The van der Waals surface area contributed by atoms with E-state index in [1.165, 1.54) is 6.33 Å². The van der Waals surface area contributed by atoms with E-state index in [4.69, 9.17) is 0 Å². The summed E-state index contributed by atoms with van der Waals surface area (Å²) in [5.41, 5.74) is 0.343. The van der Waals surface area contributed by atoms with Crippen molar-refractivity contribution in [2.45, 2.75) is 13.3 Å². The minimum atomic E-state index is -3.70. The summed E-state index contributed by atoms with van der Waals surface area (Å²) in [5.74, 6) is -2.02. The van der Waals surface area contributed by atoms with Crippen LogP contribution in [0.1, 0.15) is 13.3 Å². The average molecular weight is 378 g/mol. The lowest BCUT2D eigenvalue weighted by Crippen LogP contribution is -2.17. The van der Waals surface area contributed by atoms with Gasteiger partial charge in [-0.05, 0) is 36.8 Å². The molecule has 0 aliphatic heterocycles. The summed E-state index contributed by atoms with van der Waals surface area (Å²) in [5, 5.41) is 3.34.